The second-order valence-electron chi connectivity index (χ2n) is 6.38. The third-order valence-corrected chi connectivity index (χ3v) is 5.05. The first kappa shape index (κ1) is 17.5. The van der Waals surface area contributed by atoms with Crippen molar-refractivity contribution in [2.45, 2.75) is 0 Å². The van der Waals surface area contributed by atoms with Gasteiger partial charge < -0.3 is 9.80 Å². The van der Waals surface area contributed by atoms with Gasteiger partial charge in [-0.3, -0.25) is 9.89 Å². The average molecular weight is 385 g/mol. The van der Waals surface area contributed by atoms with Gasteiger partial charge in [0.1, 0.15) is 11.5 Å². The fourth-order valence-electron chi connectivity index (χ4n) is 3.27. The molecule has 138 valence electrons. The number of nitrogens with one attached hydrogen (secondary N) is 1. The highest BCUT2D eigenvalue weighted by molar-refractivity contribution is 6.33. The molecule has 0 bridgehead atoms. The normalized spacial score (nSPS) is 14.4. The van der Waals surface area contributed by atoms with Crippen molar-refractivity contribution in [3.05, 3.63) is 71.1 Å². The minimum absolute atomic E-state index is 0.117. The lowest BCUT2D eigenvalue weighted by molar-refractivity contribution is 0.0740. The number of aromatic nitrogens is 2. The molecule has 7 heteroatoms. The van der Waals surface area contributed by atoms with Gasteiger partial charge >= 0.3 is 0 Å². The van der Waals surface area contributed by atoms with E-state index in [0.29, 0.717) is 48.3 Å². The molecule has 1 fully saturated rings. The Balaban J connectivity index is 1.44. The molecule has 0 aliphatic carbocycles. The zero-order valence-corrected chi connectivity index (χ0v) is 15.3. The highest BCUT2D eigenvalue weighted by Crippen LogP contribution is 2.27. The van der Waals surface area contributed by atoms with Crippen LogP contribution in [0.3, 0.4) is 0 Å². The van der Waals surface area contributed by atoms with Crippen LogP contribution in [0, 0.1) is 5.82 Å². The number of rotatable bonds is 3. The Labute approximate surface area is 161 Å². The third kappa shape index (κ3) is 3.53. The molecule has 1 aromatic heterocycles. The summed E-state index contributed by atoms with van der Waals surface area (Å²) in [5.41, 5.74) is 2.41. The molecule has 0 unspecified atom stereocenters. The van der Waals surface area contributed by atoms with Gasteiger partial charge in [-0.2, -0.15) is 5.10 Å². The number of hydrogen-bond donors (Lipinski definition) is 1. The van der Waals surface area contributed by atoms with E-state index in [2.05, 4.69) is 10.2 Å². The smallest absolute Gasteiger partial charge is 0.272 e. The summed E-state index contributed by atoms with van der Waals surface area (Å²) in [6.07, 6.45) is 0. The van der Waals surface area contributed by atoms with Crippen molar-refractivity contribution >= 4 is 23.2 Å². The maximum Gasteiger partial charge on any atom is 0.272 e. The fraction of sp³-hybridized carbons (Fsp3) is 0.200. The van der Waals surface area contributed by atoms with Crippen LogP contribution in [0.15, 0.2) is 54.6 Å². The van der Waals surface area contributed by atoms with Crippen LogP contribution >= 0.6 is 11.6 Å². The molecule has 1 N–H and O–H groups in total. The molecule has 1 saturated heterocycles. The van der Waals surface area contributed by atoms with Crippen molar-refractivity contribution in [1.29, 1.82) is 0 Å². The Kier molecular flexibility index (Phi) is 4.81. The van der Waals surface area contributed by atoms with E-state index >= 15 is 0 Å². The maximum absolute atomic E-state index is 13.9. The third-order valence-electron chi connectivity index (χ3n) is 4.72. The van der Waals surface area contributed by atoms with Gasteiger partial charge in [0.25, 0.3) is 5.91 Å². The molecule has 5 nitrogen and oxygen atoms in total. The molecule has 4 rings (SSSR count). The first-order valence-corrected chi connectivity index (χ1v) is 9.10. The minimum atomic E-state index is -0.241. The van der Waals surface area contributed by atoms with Gasteiger partial charge in [0, 0.05) is 31.7 Å². The van der Waals surface area contributed by atoms with Gasteiger partial charge in [0.2, 0.25) is 0 Å². The van der Waals surface area contributed by atoms with Gasteiger partial charge in [-0.15, -0.1) is 0 Å². The number of amides is 1. The SMILES string of the molecule is O=C(c1cc(-c2ccccc2Cl)n[nH]1)N1CCN(c2ccccc2F)CC1. The zero-order valence-electron chi connectivity index (χ0n) is 14.5. The first-order chi connectivity index (χ1) is 13.1. The van der Waals surface area contributed by atoms with Crippen molar-refractivity contribution in [1.82, 2.24) is 15.1 Å². The van der Waals surface area contributed by atoms with Crippen LogP contribution in [0.4, 0.5) is 10.1 Å². The molecule has 3 aromatic rings. The summed E-state index contributed by atoms with van der Waals surface area (Å²) in [6, 6.07) is 15.8. The minimum Gasteiger partial charge on any atom is -0.366 e. The number of hydrogen-bond acceptors (Lipinski definition) is 3. The number of nitrogens with zero attached hydrogens (tertiary/aromatic N) is 3. The maximum atomic E-state index is 13.9. The summed E-state index contributed by atoms with van der Waals surface area (Å²) in [5.74, 6) is -0.357. The van der Waals surface area contributed by atoms with Gasteiger partial charge in [0.15, 0.2) is 0 Å². The van der Waals surface area contributed by atoms with E-state index in [0.717, 1.165) is 5.56 Å². The van der Waals surface area contributed by atoms with Crippen molar-refractivity contribution in [3.63, 3.8) is 0 Å². The Hall–Kier alpha value is -2.86. The number of anilines is 1. The summed E-state index contributed by atoms with van der Waals surface area (Å²) < 4.78 is 13.9. The van der Waals surface area contributed by atoms with E-state index in [4.69, 9.17) is 11.6 Å². The Morgan fingerprint density at radius 1 is 1.04 bits per heavy atom. The predicted octanol–water partition coefficient (Wildman–Crippen LogP) is 3.83. The summed E-state index contributed by atoms with van der Waals surface area (Å²) >= 11 is 6.20. The number of para-hydroxylation sites is 1. The van der Waals surface area contributed by atoms with Gasteiger partial charge in [-0.05, 0) is 24.3 Å². The predicted molar refractivity (Wildman–Crippen MR) is 104 cm³/mol. The van der Waals surface area contributed by atoms with Gasteiger partial charge in [-0.25, -0.2) is 4.39 Å². The lowest BCUT2D eigenvalue weighted by Crippen LogP contribution is -2.49. The van der Waals surface area contributed by atoms with Crippen LogP contribution in [0.2, 0.25) is 5.02 Å². The van der Waals surface area contributed by atoms with Crippen molar-refractivity contribution in [3.8, 4) is 11.3 Å². The second kappa shape index (κ2) is 7.40. The largest absolute Gasteiger partial charge is 0.366 e. The standard InChI is InChI=1S/C20H18ClFN4O/c21-15-6-2-1-5-14(15)17-13-18(24-23-17)20(27)26-11-9-25(10-12-26)19-8-4-3-7-16(19)22/h1-8,13H,9-12H2,(H,23,24). The summed E-state index contributed by atoms with van der Waals surface area (Å²) in [6.45, 7) is 2.21. The van der Waals surface area contributed by atoms with Gasteiger partial charge in [0.05, 0.1) is 16.4 Å². The van der Waals surface area contributed by atoms with Crippen LogP contribution < -0.4 is 4.90 Å². The van der Waals surface area contributed by atoms with Gasteiger partial charge in [-0.1, -0.05) is 41.9 Å². The highest BCUT2D eigenvalue weighted by Gasteiger charge is 2.25. The van der Waals surface area contributed by atoms with E-state index in [1.165, 1.54) is 6.07 Å². The summed E-state index contributed by atoms with van der Waals surface area (Å²) in [5, 5.41) is 7.61. The molecule has 2 heterocycles. The molecule has 0 saturated carbocycles. The quantitative estimate of drug-likeness (QED) is 0.746. The van der Waals surface area contributed by atoms with Crippen molar-refractivity contribution < 1.29 is 9.18 Å². The monoisotopic (exact) mass is 384 g/mol. The lowest BCUT2D eigenvalue weighted by Gasteiger charge is -2.36. The van der Waals surface area contributed by atoms with E-state index in [9.17, 15) is 9.18 Å². The van der Waals surface area contributed by atoms with Crippen LogP contribution in [0.1, 0.15) is 10.5 Å². The zero-order chi connectivity index (χ0) is 18.8. The molecule has 2 aromatic carbocycles. The molecule has 0 atom stereocenters. The molecule has 1 amide bonds. The first-order valence-electron chi connectivity index (χ1n) is 8.72. The summed E-state index contributed by atoms with van der Waals surface area (Å²) in [7, 11) is 0. The highest BCUT2D eigenvalue weighted by atomic mass is 35.5. The average Bonchev–Trinajstić information content (AvgIpc) is 3.18. The number of halogens is 2. The van der Waals surface area contributed by atoms with Crippen molar-refractivity contribution in [2.24, 2.45) is 0 Å². The number of benzene rings is 2. The molecular formula is C20H18ClFN4O. The Morgan fingerprint density at radius 2 is 1.74 bits per heavy atom. The van der Waals surface area contributed by atoms with E-state index in [1.807, 2.05) is 29.2 Å². The lowest BCUT2D eigenvalue weighted by atomic mass is 10.1. The topological polar surface area (TPSA) is 52.2 Å². The molecular weight excluding hydrogens is 367 g/mol. The molecule has 0 spiro atoms. The van der Waals surface area contributed by atoms with Crippen LogP contribution in [0.5, 0.6) is 0 Å². The number of carbonyl (C=O) groups excluding carboxylic acids is 1. The van der Waals surface area contributed by atoms with E-state index < -0.39 is 0 Å². The fourth-order valence-corrected chi connectivity index (χ4v) is 3.50. The van der Waals surface area contributed by atoms with Crippen LogP contribution in [-0.4, -0.2) is 47.2 Å². The summed E-state index contributed by atoms with van der Waals surface area (Å²) in [4.78, 5) is 16.5. The molecule has 1 aliphatic rings. The van der Waals surface area contributed by atoms with E-state index in [1.54, 1.807) is 29.2 Å². The molecule has 0 radical (unpaired) electrons. The second-order valence-corrected chi connectivity index (χ2v) is 6.78. The number of carbonyl (C=O) groups is 1. The van der Waals surface area contributed by atoms with Crippen molar-refractivity contribution in [2.75, 3.05) is 31.1 Å². The number of piperazine rings is 1. The number of H-pyrrole nitrogens is 1. The number of aromatic amines is 1. The molecule has 1 aliphatic heterocycles. The Morgan fingerprint density at radius 3 is 2.48 bits per heavy atom. The van der Waals surface area contributed by atoms with E-state index in [-0.39, 0.29) is 11.7 Å². The van der Waals surface area contributed by atoms with Crippen LogP contribution in [-0.2, 0) is 0 Å². The van der Waals surface area contributed by atoms with Crippen LogP contribution in [0.25, 0.3) is 11.3 Å². The molecule has 27 heavy (non-hydrogen) atoms. The Bertz CT molecular complexity index is 966.